The average Bonchev–Trinajstić information content (AvgIpc) is 3.59. The van der Waals surface area contributed by atoms with Crippen molar-refractivity contribution in [3.63, 3.8) is 0 Å². The molecule has 0 aliphatic carbocycles. The maximum Gasteiger partial charge on any atom is 0.0482 e. The predicted molar refractivity (Wildman–Crippen MR) is 139 cm³/mol. The first-order chi connectivity index (χ1) is 15.3. The Morgan fingerprint density at radius 1 is 0.548 bits per heavy atom. The first-order valence-electron chi connectivity index (χ1n) is 9.92. The van der Waals surface area contributed by atoms with Crippen LogP contribution >= 0.6 is 56.7 Å². The second-order valence-electron chi connectivity index (χ2n) is 7.00. The number of aliphatic hydroxyl groups excluding tert-OH is 2. The normalized spacial score (nSPS) is 11.4. The van der Waals surface area contributed by atoms with E-state index < -0.39 is 0 Å². The van der Waals surface area contributed by atoms with Crippen LogP contribution in [0.15, 0.2) is 59.3 Å². The van der Waals surface area contributed by atoms with Crippen LogP contribution in [0.1, 0.15) is 11.1 Å². The van der Waals surface area contributed by atoms with Gasteiger partial charge in [0.1, 0.15) is 0 Å². The topological polar surface area (TPSA) is 40.5 Å². The lowest BCUT2D eigenvalue weighted by atomic mass is 10.1. The Bertz CT molecular complexity index is 1160. The minimum Gasteiger partial charge on any atom is -0.396 e. The van der Waals surface area contributed by atoms with Gasteiger partial charge in [-0.25, -0.2) is 0 Å². The van der Waals surface area contributed by atoms with Crippen LogP contribution in [0.4, 0.5) is 0 Å². The number of hydrogen-bond acceptors (Lipinski definition) is 7. The van der Waals surface area contributed by atoms with Crippen LogP contribution < -0.4 is 0 Å². The van der Waals surface area contributed by atoms with Gasteiger partial charge < -0.3 is 10.2 Å². The summed E-state index contributed by atoms with van der Waals surface area (Å²) in [7, 11) is 0. The average molecular weight is 501 g/mol. The van der Waals surface area contributed by atoms with Crippen LogP contribution in [-0.4, -0.2) is 23.4 Å². The first-order valence-corrected chi connectivity index (χ1v) is 14.1. The Balaban J connectivity index is 1.54. The molecule has 5 heterocycles. The summed E-state index contributed by atoms with van der Waals surface area (Å²) in [6.45, 7) is 0.309. The zero-order valence-corrected chi connectivity index (χ0v) is 20.6. The van der Waals surface area contributed by atoms with E-state index in [1.165, 1.54) is 50.1 Å². The van der Waals surface area contributed by atoms with E-state index in [2.05, 4.69) is 59.3 Å². The van der Waals surface area contributed by atoms with Gasteiger partial charge in [0.05, 0.1) is 0 Å². The number of thiophene rings is 5. The molecule has 0 atom stereocenters. The minimum absolute atomic E-state index is 0.154. The van der Waals surface area contributed by atoms with E-state index in [0.717, 1.165) is 0 Å². The third-order valence-corrected chi connectivity index (χ3v) is 10.9. The van der Waals surface area contributed by atoms with Gasteiger partial charge in [0.25, 0.3) is 0 Å². The predicted octanol–water partition coefficient (Wildman–Crippen LogP) is 7.73. The van der Waals surface area contributed by atoms with Crippen molar-refractivity contribution in [1.82, 2.24) is 0 Å². The fraction of sp³-hybridized carbons (Fsp3) is 0.167. The Kier molecular flexibility index (Phi) is 6.52. The molecule has 0 spiro atoms. The van der Waals surface area contributed by atoms with E-state index in [1.807, 2.05) is 22.7 Å². The summed E-state index contributed by atoms with van der Waals surface area (Å²) in [6, 6.07) is 17.4. The molecule has 0 saturated carbocycles. The summed E-state index contributed by atoms with van der Waals surface area (Å²) in [5, 5.41) is 23.4. The zero-order chi connectivity index (χ0) is 21.2. The highest BCUT2D eigenvalue weighted by Crippen LogP contribution is 2.47. The molecule has 5 aromatic rings. The molecule has 7 heteroatoms. The van der Waals surface area contributed by atoms with Gasteiger partial charge in [0.2, 0.25) is 0 Å². The van der Waals surface area contributed by atoms with Crippen molar-refractivity contribution in [3.8, 4) is 39.0 Å². The van der Waals surface area contributed by atoms with Gasteiger partial charge in [-0.3, -0.25) is 0 Å². The second kappa shape index (κ2) is 9.50. The van der Waals surface area contributed by atoms with Crippen molar-refractivity contribution in [1.29, 1.82) is 0 Å². The van der Waals surface area contributed by atoms with Crippen molar-refractivity contribution in [2.24, 2.45) is 0 Å². The first kappa shape index (κ1) is 21.3. The van der Waals surface area contributed by atoms with Gasteiger partial charge >= 0.3 is 0 Å². The van der Waals surface area contributed by atoms with Crippen molar-refractivity contribution in [3.05, 3.63) is 70.4 Å². The number of hydrogen-bond donors (Lipinski definition) is 2. The molecule has 2 N–H and O–H groups in total. The van der Waals surface area contributed by atoms with E-state index >= 15 is 0 Å². The van der Waals surface area contributed by atoms with Crippen LogP contribution in [0.25, 0.3) is 39.0 Å². The summed E-state index contributed by atoms with van der Waals surface area (Å²) in [4.78, 5) is 10.1. The second-order valence-corrected chi connectivity index (χ2v) is 12.1. The number of rotatable bonds is 8. The van der Waals surface area contributed by atoms with E-state index in [-0.39, 0.29) is 13.2 Å². The Morgan fingerprint density at radius 2 is 1.03 bits per heavy atom. The molecule has 0 saturated heterocycles. The van der Waals surface area contributed by atoms with Crippen LogP contribution in [0.5, 0.6) is 0 Å². The van der Waals surface area contributed by atoms with Crippen LogP contribution in [0, 0.1) is 0 Å². The van der Waals surface area contributed by atoms with E-state index in [9.17, 15) is 10.2 Å². The maximum atomic E-state index is 9.59. The smallest absolute Gasteiger partial charge is 0.0482 e. The number of aliphatic hydroxyl groups is 2. The zero-order valence-electron chi connectivity index (χ0n) is 16.5. The molecule has 0 amide bonds. The van der Waals surface area contributed by atoms with E-state index in [1.54, 1.807) is 34.0 Å². The monoisotopic (exact) mass is 500 g/mol. The van der Waals surface area contributed by atoms with Crippen molar-refractivity contribution < 1.29 is 10.2 Å². The summed E-state index contributed by atoms with van der Waals surface area (Å²) < 4.78 is 0. The van der Waals surface area contributed by atoms with Gasteiger partial charge in [-0.05, 0) is 71.1 Å². The minimum atomic E-state index is 0.154. The van der Waals surface area contributed by atoms with Crippen LogP contribution in [0.2, 0.25) is 0 Å². The third-order valence-electron chi connectivity index (χ3n) is 4.96. The molecular formula is C24H20O2S5. The van der Waals surface area contributed by atoms with Gasteiger partial charge in [0.15, 0.2) is 0 Å². The van der Waals surface area contributed by atoms with Crippen molar-refractivity contribution in [2.45, 2.75) is 12.8 Å². The Morgan fingerprint density at radius 3 is 1.42 bits per heavy atom. The maximum absolute atomic E-state index is 9.59. The van der Waals surface area contributed by atoms with Gasteiger partial charge in [-0.2, -0.15) is 0 Å². The molecule has 0 aliphatic heterocycles. The highest BCUT2D eigenvalue weighted by Gasteiger charge is 2.18. The fourth-order valence-electron chi connectivity index (χ4n) is 3.55. The molecule has 5 rings (SSSR count). The highest BCUT2D eigenvalue weighted by atomic mass is 32.1. The molecule has 0 radical (unpaired) electrons. The van der Waals surface area contributed by atoms with Crippen LogP contribution in [0.3, 0.4) is 0 Å². The van der Waals surface area contributed by atoms with Crippen LogP contribution in [-0.2, 0) is 12.8 Å². The molecule has 158 valence electrons. The van der Waals surface area contributed by atoms with E-state index in [0.29, 0.717) is 12.8 Å². The lowest BCUT2D eigenvalue weighted by molar-refractivity contribution is 0.299. The summed E-state index contributed by atoms with van der Waals surface area (Å²) in [5.41, 5.74) is 2.43. The molecular weight excluding hydrogens is 481 g/mol. The molecule has 5 aromatic heterocycles. The Labute approximate surface area is 201 Å². The lowest BCUT2D eigenvalue weighted by Crippen LogP contribution is -1.89. The molecule has 0 bridgehead atoms. The summed E-state index contributed by atoms with van der Waals surface area (Å²) >= 11 is 8.93. The highest BCUT2D eigenvalue weighted by molar-refractivity contribution is 7.29. The molecule has 0 aromatic carbocycles. The quantitative estimate of drug-likeness (QED) is 0.229. The van der Waals surface area contributed by atoms with Gasteiger partial charge in [-0.15, -0.1) is 56.7 Å². The van der Waals surface area contributed by atoms with Gasteiger partial charge in [-0.1, -0.05) is 12.1 Å². The van der Waals surface area contributed by atoms with Crippen molar-refractivity contribution in [2.75, 3.05) is 13.2 Å². The SMILES string of the molecule is OCCc1cc(-c2cccs2)sc1-c1ccc(-c2sc(-c3cccs3)cc2CCO)s1. The third kappa shape index (κ3) is 4.36. The van der Waals surface area contributed by atoms with Crippen molar-refractivity contribution >= 4 is 56.7 Å². The standard InChI is InChI=1S/C24H20O2S5/c25-9-7-15-13-21(17-3-1-11-27-17)30-23(15)19-5-6-20(29-19)24-16(8-10-26)14-22(31-24)18-4-2-12-28-18/h1-6,11-14,25-26H,7-10H2. The summed E-state index contributed by atoms with van der Waals surface area (Å²) in [6.07, 6.45) is 1.34. The molecule has 0 fully saturated rings. The fourth-order valence-corrected chi connectivity index (χ4v) is 8.92. The molecule has 0 aliphatic rings. The molecule has 0 unspecified atom stereocenters. The summed E-state index contributed by atoms with van der Waals surface area (Å²) in [5.74, 6) is 0. The Hall–Kier alpha value is -1.58. The lowest BCUT2D eigenvalue weighted by Gasteiger charge is -2.00. The molecule has 31 heavy (non-hydrogen) atoms. The van der Waals surface area contributed by atoms with Gasteiger partial charge in [0, 0.05) is 52.2 Å². The molecule has 2 nitrogen and oxygen atoms in total. The largest absolute Gasteiger partial charge is 0.396 e. The van der Waals surface area contributed by atoms with E-state index in [4.69, 9.17) is 0 Å².